The molecule has 0 atom stereocenters. The Morgan fingerprint density at radius 3 is 2.64 bits per heavy atom. The van der Waals surface area contributed by atoms with Crippen molar-refractivity contribution in [3.05, 3.63) is 35.7 Å². The Morgan fingerprint density at radius 2 is 2.07 bits per heavy atom. The topological polar surface area (TPSA) is 30.7 Å². The number of para-hydroxylation sites is 2. The van der Waals surface area contributed by atoms with Gasteiger partial charge in [0.15, 0.2) is 0 Å². The van der Waals surface area contributed by atoms with Gasteiger partial charge in [0.1, 0.15) is 5.75 Å². The molecule has 0 saturated heterocycles. The minimum absolute atomic E-state index is 0.186. The smallest absolute Gasteiger partial charge is 0.312 e. The van der Waals surface area contributed by atoms with Crippen molar-refractivity contribution >= 4 is 11.7 Å². The van der Waals surface area contributed by atoms with E-state index in [0.717, 1.165) is 0 Å². The zero-order valence-electron chi connectivity index (χ0n) is 8.15. The van der Waals surface area contributed by atoms with Crippen LogP contribution in [0.1, 0.15) is 13.8 Å². The maximum Gasteiger partial charge on any atom is 0.312 e. The standard InChI is InChI=1S/C11H11NO2/c1-8(2)11(13)14-10-7-5-4-6-9(10)12-3/h4-8H,1-2H3. The second kappa shape index (κ2) is 4.43. The van der Waals surface area contributed by atoms with Gasteiger partial charge >= 0.3 is 5.97 Å². The van der Waals surface area contributed by atoms with Gasteiger partial charge in [-0.1, -0.05) is 32.0 Å². The summed E-state index contributed by atoms with van der Waals surface area (Å²) in [5.74, 6) is -0.170. The Kier molecular flexibility index (Phi) is 3.24. The lowest BCUT2D eigenvalue weighted by molar-refractivity contribution is -0.137. The van der Waals surface area contributed by atoms with Crippen LogP contribution in [0.15, 0.2) is 24.3 Å². The molecule has 0 fully saturated rings. The number of rotatable bonds is 2. The van der Waals surface area contributed by atoms with Crippen molar-refractivity contribution in [1.29, 1.82) is 0 Å². The quantitative estimate of drug-likeness (QED) is 0.407. The third kappa shape index (κ3) is 2.33. The fraction of sp³-hybridized carbons (Fsp3) is 0.273. The summed E-state index contributed by atoms with van der Waals surface area (Å²) < 4.78 is 5.05. The Hall–Kier alpha value is -1.82. The van der Waals surface area contributed by atoms with Crippen LogP contribution in [0.3, 0.4) is 0 Å². The Bertz CT molecular complexity index is 377. The van der Waals surface area contributed by atoms with Crippen LogP contribution < -0.4 is 4.74 Å². The van der Waals surface area contributed by atoms with Gasteiger partial charge in [-0.05, 0) is 6.07 Å². The zero-order valence-corrected chi connectivity index (χ0v) is 8.15. The van der Waals surface area contributed by atoms with Crippen LogP contribution in [0.2, 0.25) is 0 Å². The molecule has 1 rings (SSSR count). The first-order valence-electron chi connectivity index (χ1n) is 4.33. The van der Waals surface area contributed by atoms with Crippen molar-refractivity contribution in [3.63, 3.8) is 0 Å². The molecule has 14 heavy (non-hydrogen) atoms. The Balaban J connectivity index is 2.87. The lowest BCUT2D eigenvalue weighted by Crippen LogP contribution is -2.14. The van der Waals surface area contributed by atoms with Crippen molar-refractivity contribution in [2.45, 2.75) is 13.8 Å². The van der Waals surface area contributed by atoms with Crippen LogP contribution in [0.4, 0.5) is 5.69 Å². The molecule has 0 unspecified atom stereocenters. The van der Waals surface area contributed by atoms with E-state index in [1.807, 2.05) is 0 Å². The number of hydrogen-bond acceptors (Lipinski definition) is 2. The van der Waals surface area contributed by atoms with Crippen molar-refractivity contribution in [1.82, 2.24) is 0 Å². The third-order valence-corrected chi connectivity index (χ3v) is 1.67. The van der Waals surface area contributed by atoms with Crippen molar-refractivity contribution in [3.8, 4) is 5.75 Å². The van der Waals surface area contributed by atoms with Crippen LogP contribution >= 0.6 is 0 Å². The van der Waals surface area contributed by atoms with Crippen molar-refractivity contribution in [2.75, 3.05) is 0 Å². The molecule has 3 heteroatoms. The molecular weight excluding hydrogens is 178 g/mol. The van der Waals surface area contributed by atoms with Gasteiger partial charge in [0, 0.05) is 0 Å². The van der Waals surface area contributed by atoms with E-state index in [2.05, 4.69) is 4.85 Å². The number of carbonyl (C=O) groups excluding carboxylic acids is 1. The van der Waals surface area contributed by atoms with Gasteiger partial charge in [-0.25, -0.2) is 4.85 Å². The molecule has 1 aromatic rings. The van der Waals surface area contributed by atoms with E-state index >= 15 is 0 Å². The first kappa shape index (κ1) is 10.3. The van der Waals surface area contributed by atoms with Gasteiger partial charge in [-0.2, -0.15) is 0 Å². The minimum atomic E-state index is -0.318. The molecule has 0 N–H and O–H groups in total. The molecular formula is C11H11NO2. The van der Waals surface area contributed by atoms with E-state index in [9.17, 15) is 4.79 Å². The Morgan fingerprint density at radius 1 is 1.43 bits per heavy atom. The van der Waals surface area contributed by atoms with E-state index in [0.29, 0.717) is 11.4 Å². The SMILES string of the molecule is [C-]#[N+]c1ccccc1OC(=O)C(C)C. The molecule has 0 heterocycles. The zero-order chi connectivity index (χ0) is 10.6. The van der Waals surface area contributed by atoms with Crippen LogP contribution in [0.5, 0.6) is 5.75 Å². The van der Waals surface area contributed by atoms with Gasteiger partial charge in [-0.15, -0.1) is 0 Å². The lowest BCUT2D eigenvalue weighted by atomic mass is 10.2. The lowest BCUT2D eigenvalue weighted by Gasteiger charge is -2.07. The fourth-order valence-corrected chi connectivity index (χ4v) is 0.862. The summed E-state index contributed by atoms with van der Waals surface area (Å²) in [5.41, 5.74) is 0.363. The van der Waals surface area contributed by atoms with E-state index in [1.54, 1.807) is 38.1 Å². The number of benzene rings is 1. The fourth-order valence-electron chi connectivity index (χ4n) is 0.862. The van der Waals surface area contributed by atoms with Gasteiger partial charge in [0.05, 0.1) is 12.5 Å². The van der Waals surface area contributed by atoms with E-state index in [1.165, 1.54) is 0 Å². The van der Waals surface area contributed by atoms with Crippen LogP contribution in [0.25, 0.3) is 4.85 Å². The molecule has 0 amide bonds. The molecule has 0 spiro atoms. The first-order chi connectivity index (χ1) is 6.65. The molecule has 3 nitrogen and oxygen atoms in total. The molecule has 72 valence electrons. The number of hydrogen-bond donors (Lipinski definition) is 0. The predicted molar refractivity (Wildman–Crippen MR) is 53.2 cm³/mol. The molecule has 0 aliphatic heterocycles. The first-order valence-corrected chi connectivity index (χ1v) is 4.33. The number of ether oxygens (including phenoxy) is 1. The molecule has 0 aromatic heterocycles. The second-order valence-corrected chi connectivity index (χ2v) is 3.16. The largest absolute Gasteiger partial charge is 0.438 e. The van der Waals surface area contributed by atoms with E-state index in [-0.39, 0.29) is 11.9 Å². The summed E-state index contributed by atoms with van der Waals surface area (Å²) >= 11 is 0. The summed E-state index contributed by atoms with van der Waals surface area (Å²) in [7, 11) is 0. The molecule has 0 bridgehead atoms. The second-order valence-electron chi connectivity index (χ2n) is 3.16. The summed E-state index contributed by atoms with van der Waals surface area (Å²) in [5, 5.41) is 0. The number of carbonyl (C=O) groups is 1. The summed E-state index contributed by atoms with van der Waals surface area (Å²) in [6.45, 7) is 10.4. The number of nitrogens with zero attached hydrogens (tertiary/aromatic N) is 1. The normalized spacial score (nSPS) is 9.57. The van der Waals surface area contributed by atoms with Gasteiger partial charge in [0.25, 0.3) is 0 Å². The van der Waals surface area contributed by atoms with Crippen LogP contribution in [-0.2, 0) is 4.79 Å². The van der Waals surface area contributed by atoms with Gasteiger partial charge < -0.3 is 4.74 Å². The highest BCUT2D eigenvalue weighted by molar-refractivity contribution is 5.76. The number of esters is 1. The maximum atomic E-state index is 11.3. The summed E-state index contributed by atoms with van der Waals surface area (Å²) in [6.07, 6.45) is 0. The predicted octanol–water partition coefficient (Wildman–Crippen LogP) is 2.80. The minimum Gasteiger partial charge on any atom is -0.438 e. The Labute approximate surface area is 83.1 Å². The molecule has 0 aliphatic rings. The molecule has 1 aromatic carbocycles. The highest BCUT2D eigenvalue weighted by Crippen LogP contribution is 2.27. The third-order valence-electron chi connectivity index (χ3n) is 1.67. The van der Waals surface area contributed by atoms with Gasteiger partial charge in [0.2, 0.25) is 5.69 Å². The average molecular weight is 189 g/mol. The molecule has 0 aliphatic carbocycles. The monoisotopic (exact) mass is 189 g/mol. The molecule has 0 radical (unpaired) electrons. The highest BCUT2D eigenvalue weighted by Gasteiger charge is 2.11. The van der Waals surface area contributed by atoms with E-state index in [4.69, 9.17) is 11.3 Å². The highest BCUT2D eigenvalue weighted by atomic mass is 16.5. The average Bonchev–Trinajstić information content (AvgIpc) is 2.18. The molecule has 0 saturated carbocycles. The maximum absolute atomic E-state index is 11.3. The van der Waals surface area contributed by atoms with Gasteiger partial charge in [-0.3, -0.25) is 4.79 Å². The summed E-state index contributed by atoms with van der Waals surface area (Å²) in [4.78, 5) is 14.5. The van der Waals surface area contributed by atoms with E-state index < -0.39 is 0 Å². The van der Waals surface area contributed by atoms with Crippen LogP contribution in [-0.4, -0.2) is 5.97 Å². The van der Waals surface area contributed by atoms with Crippen molar-refractivity contribution in [2.24, 2.45) is 5.92 Å². The summed E-state index contributed by atoms with van der Waals surface area (Å²) in [6, 6.07) is 6.71. The van der Waals surface area contributed by atoms with Crippen LogP contribution in [0, 0.1) is 12.5 Å². The van der Waals surface area contributed by atoms with Crippen molar-refractivity contribution < 1.29 is 9.53 Å².